The maximum Gasteiger partial charge on any atom is 0.230 e. The molecule has 12 heavy (non-hydrogen) atoms. The van der Waals surface area contributed by atoms with Crippen LogP contribution >= 0.6 is 11.8 Å². The molecule has 1 unspecified atom stereocenters. The third kappa shape index (κ3) is 6.03. The second kappa shape index (κ2) is 5.88. The number of carbonyl (C=O) groups is 1. The van der Waals surface area contributed by atoms with Gasteiger partial charge in [-0.25, -0.2) is 0 Å². The average Bonchev–Trinajstić information content (AvgIpc) is 2.00. The fourth-order valence-corrected chi connectivity index (χ4v) is 0.932. The lowest BCUT2D eigenvalue weighted by atomic mass is 10.3. The van der Waals surface area contributed by atoms with E-state index in [1.807, 2.05) is 13.8 Å². The molecule has 5 heteroatoms. The van der Waals surface area contributed by atoms with Crippen molar-refractivity contribution in [2.45, 2.75) is 26.3 Å². The number of amides is 1. The number of carbonyl (C=O) groups excluding carboxylic acids is 1. The van der Waals surface area contributed by atoms with Gasteiger partial charge in [-0.3, -0.25) is 10.2 Å². The highest BCUT2D eigenvalue weighted by Gasteiger charge is 2.05. The quantitative estimate of drug-likeness (QED) is 0.446. The number of rotatable bonds is 4. The van der Waals surface area contributed by atoms with Crippen molar-refractivity contribution in [3.05, 3.63) is 0 Å². The first-order valence-electron chi connectivity index (χ1n) is 3.82. The smallest absolute Gasteiger partial charge is 0.230 e. The molecule has 0 spiro atoms. The predicted molar refractivity (Wildman–Crippen MR) is 52.3 cm³/mol. The summed E-state index contributed by atoms with van der Waals surface area (Å²) in [6, 6.07) is 0.199. The fourth-order valence-electron chi connectivity index (χ4n) is 0.562. The lowest BCUT2D eigenvalue weighted by molar-refractivity contribution is -0.119. The highest BCUT2D eigenvalue weighted by Crippen LogP contribution is 1.97. The molecule has 0 saturated carbocycles. The van der Waals surface area contributed by atoms with Crippen LogP contribution in [0.25, 0.3) is 0 Å². The van der Waals surface area contributed by atoms with E-state index in [4.69, 9.17) is 11.1 Å². The van der Waals surface area contributed by atoms with E-state index < -0.39 is 0 Å². The molecule has 70 valence electrons. The molecule has 0 aromatic heterocycles. The van der Waals surface area contributed by atoms with Crippen LogP contribution in [0, 0.1) is 5.41 Å². The maximum absolute atomic E-state index is 11.0. The third-order valence-corrected chi connectivity index (χ3v) is 2.10. The minimum Gasteiger partial charge on any atom is -0.379 e. The van der Waals surface area contributed by atoms with Crippen molar-refractivity contribution >= 4 is 22.8 Å². The SMILES string of the molecule is CCC(C)NC(=O)CSC(=N)N. The minimum absolute atomic E-state index is 0.0192. The zero-order valence-electron chi connectivity index (χ0n) is 7.39. The zero-order chi connectivity index (χ0) is 9.56. The van der Waals surface area contributed by atoms with Gasteiger partial charge in [-0.2, -0.15) is 0 Å². The summed E-state index contributed by atoms with van der Waals surface area (Å²) in [5.74, 6) is 0.171. The van der Waals surface area contributed by atoms with Crippen LogP contribution in [-0.2, 0) is 4.79 Å². The van der Waals surface area contributed by atoms with E-state index in [0.717, 1.165) is 18.2 Å². The Balaban J connectivity index is 3.53. The van der Waals surface area contributed by atoms with E-state index in [1.54, 1.807) is 0 Å². The van der Waals surface area contributed by atoms with Crippen LogP contribution in [0.5, 0.6) is 0 Å². The molecular weight excluding hydrogens is 174 g/mol. The van der Waals surface area contributed by atoms with E-state index >= 15 is 0 Å². The van der Waals surface area contributed by atoms with Gasteiger partial charge in [0.2, 0.25) is 5.91 Å². The van der Waals surface area contributed by atoms with Crippen LogP contribution in [0.4, 0.5) is 0 Å². The summed E-state index contributed by atoms with van der Waals surface area (Å²) in [4.78, 5) is 11.0. The Morgan fingerprint density at radius 2 is 2.33 bits per heavy atom. The summed E-state index contributed by atoms with van der Waals surface area (Å²) in [5, 5.41) is 9.63. The van der Waals surface area contributed by atoms with Gasteiger partial charge in [0.25, 0.3) is 0 Å². The molecule has 0 fully saturated rings. The van der Waals surface area contributed by atoms with Gasteiger partial charge < -0.3 is 11.1 Å². The Hall–Kier alpha value is -0.710. The molecular formula is C7H15N3OS. The molecule has 0 bridgehead atoms. The third-order valence-electron chi connectivity index (χ3n) is 1.38. The molecule has 0 heterocycles. The van der Waals surface area contributed by atoms with Gasteiger partial charge >= 0.3 is 0 Å². The Morgan fingerprint density at radius 3 is 2.75 bits per heavy atom. The van der Waals surface area contributed by atoms with Crippen molar-refractivity contribution in [3.63, 3.8) is 0 Å². The monoisotopic (exact) mass is 189 g/mol. The summed E-state index contributed by atoms with van der Waals surface area (Å²) < 4.78 is 0. The van der Waals surface area contributed by atoms with Crippen LogP contribution in [0.15, 0.2) is 0 Å². The van der Waals surface area contributed by atoms with Gasteiger partial charge in [0.05, 0.1) is 5.75 Å². The molecule has 1 atom stereocenters. The summed E-state index contributed by atoms with van der Waals surface area (Å²) in [6.07, 6.45) is 0.913. The van der Waals surface area contributed by atoms with Crippen molar-refractivity contribution in [2.24, 2.45) is 5.73 Å². The molecule has 0 aliphatic heterocycles. The fraction of sp³-hybridized carbons (Fsp3) is 0.714. The highest BCUT2D eigenvalue weighted by molar-refractivity contribution is 8.14. The number of hydrogen-bond acceptors (Lipinski definition) is 3. The van der Waals surface area contributed by atoms with E-state index in [9.17, 15) is 4.79 Å². The van der Waals surface area contributed by atoms with Crippen molar-refractivity contribution in [3.8, 4) is 0 Å². The molecule has 0 aliphatic rings. The summed E-state index contributed by atoms with van der Waals surface area (Å²) >= 11 is 1.04. The first-order valence-corrected chi connectivity index (χ1v) is 4.81. The van der Waals surface area contributed by atoms with Gasteiger partial charge in [-0.15, -0.1) is 0 Å². The van der Waals surface area contributed by atoms with Crippen LogP contribution in [0.1, 0.15) is 20.3 Å². The second-order valence-corrected chi connectivity index (χ2v) is 3.55. The molecule has 0 aromatic rings. The van der Waals surface area contributed by atoms with Gasteiger partial charge in [-0.05, 0) is 13.3 Å². The molecule has 1 amide bonds. The zero-order valence-corrected chi connectivity index (χ0v) is 8.20. The van der Waals surface area contributed by atoms with Gasteiger partial charge in [0.1, 0.15) is 0 Å². The average molecular weight is 189 g/mol. The van der Waals surface area contributed by atoms with Gasteiger partial charge in [-0.1, -0.05) is 18.7 Å². The molecule has 0 rings (SSSR count). The van der Waals surface area contributed by atoms with E-state index in [2.05, 4.69) is 5.32 Å². The number of amidine groups is 1. The minimum atomic E-state index is -0.0652. The highest BCUT2D eigenvalue weighted by atomic mass is 32.2. The van der Waals surface area contributed by atoms with Crippen molar-refractivity contribution in [1.29, 1.82) is 5.41 Å². The number of thioether (sulfide) groups is 1. The number of nitrogens with two attached hydrogens (primary N) is 1. The molecule has 0 aliphatic carbocycles. The lowest BCUT2D eigenvalue weighted by Crippen LogP contribution is -2.33. The number of hydrogen-bond donors (Lipinski definition) is 3. The molecule has 0 aromatic carbocycles. The summed E-state index contributed by atoms with van der Waals surface area (Å²) in [7, 11) is 0. The summed E-state index contributed by atoms with van der Waals surface area (Å²) in [5.41, 5.74) is 5.07. The maximum atomic E-state index is 11.0. The first kappa shape index (κ1) is 11.3. The van der Waals surface area contributed by atoms with Crippen molar-refractivity contribution in [1.82, 2.24) is 5.32 Å². The van der Waals surface area contributed by atoms with Crippen molar-refractivity contribution in [2.75, 3.05) is 5.75 Å². The van der Waals surface area contributed by atoms with Crippen molar-refractivity contribution < 1.29 is 4.79 Å². The standard InChI is InChI=1S/C7H15N3OS/c1-3-5(2)10-6(11)4-12-7(8)9/h5H,3-4H2,1-2H3,(H3,8,9)(H,10,11). The van der Waals surface area contributed by atoms with Crippen LogP contribution in [0.2, 0.25) is 0 Å². The van der Waals surface area contributed by atoms with Gasteiger partial charge in [0.15, 0.2) is 5.17 Å². The van der Waals surface area contributed by atoms with Crippen LogP contribution in [0.3, 0.4) is 0 Å². The summed E-state index contributed by atoms with van der Waals surface area (Å²) in [6.45, 7) is 3.94. The first-order chi connectivity index (χ1) is 5.56. The largest absolute Gasteiger partial charge is 0.379 e. The Kier molecular flexibility index (Phi) is 5.53. The van der Waals surface area contributed by atoms with E-state index in [-0.39, 0.29) is 22.9 Å². The van der Waals surface area contributed by atoms with E-state index in [0.29, 0.717) is 0 Å². The topological polar surface area (TPSA) is 79.0 Å². The normalized spacial score (nSPS) is 12.2. The Morgan fingerprint density at radius 1 is 1.75 bits per heavy atom. The molecule has 4 N–H and O–H groups in total. The Labute approximate surface area is 76.8 Å². The van der Waals surface area contributed by atoms with E-state index in [1.165, 1.54) is 0 Å². The molecule has 4 nitrogen and oxygen atoms in total. The van der Waals surface area contributed by atoms with Gasteiger partial charge in [0, 0.05) is 6.04 Å². The lowest BCUT2D eigenvalue weighted by Gasteiger charge is -2.10. The molecule has 0 radical (unpaired) electrons. The van der Waals surface area contributed by atoms with Crippen LogP contribution in [-0.4, -0.2) is 22.9 Å². The predicted octanol–water partition coefficient (Wildman–Crippen LogP) is 0.528. The second-order valence-electron chi connectivity index (χ2n) is 2.53. The van der Waals surface area contributed by atoms with Crippen LogP contribution < -0.4 is 11.1 Å². The number of nitrogens with one attached hydrogen (secondary N) is 2. The Bertz CT molecular complexity index is 172. The molecule has 0 saturated heterocycles.